The highest BCUT2D eigenvalue weighted by Crippen LogP contribution is 2.40. The number of piperidine rings is 2. The summed E-state index contributed by atoms with van der Waals surface area (Å²) < 4.78 is 16.4. The second-order valence-electron chi connectivity index (χ2n) is 15.5. The highest BCUT2D eigenvalue weighted by molar-refractivity contribution is 5.70. The van der Waals surface area contributed by atoms with E-state index in [0.29, 0.717) is 18.0 Å². The summed E-state index contributed by atoms with van der Waals surface area (Å²) in [5, 5.41) is 18.3. The summed E-state index contributed by atoms with van der Waals surface area (Å²) >= 11 is 0. The largest absolute Gasteiger partial charge is 0.481 e. The summed E-state index contributed by atoms with van der Waals surface area (Å²) in [4.78, 5) is 27.4. The molecule has 2 aliphatic carbocycles. The Morgan fingerprint density at radius 3 is 2.42 bits per heavy atom. The van der Waals surface area contributed by atoms with E-state index in [1.807, 2.05) is 16.9 Å². The Labute approximate surface area is 297 Å². The van der Waals surface area contributed by atoms with Crippen LogP contribution in [0.25, 0.3) is 0 Å². The van der Waals surface area contributed by atoms with Gasteiger partial charge in [0.2, 0.25) is 5.95 Å². The SMILES string of the molecule is CC[C@H](C1CCC(C(=O)O)CC1)N(C)c1nc2c(c(N[C@@H](CN3C4CCCC3CCC4)c3cnn(CC)c3)n1)C[C@H](c1cccc(F)c1)CC2. The van der Waals surface area contributed by atoms with Crippen LogP contribution in [0, 0.1) is 17.7 Å². The van der Waals surface area contributed by atoms with Crippen molar-refractivity contribution in [3.63, 3.8) is 0 Å². The van der Waals surface area contributed by atoms with Gasteiger partial charge in [0.25, 0.3) is 0 Å². The standard InChI is InChI=1S/C40H56FN7O2/c1-4-37(26-15-17-27(18-16-26)39(49)50)46(3)40-44-35-20-19-29(28-9-6-10-31(41)21-28)22-34(35)38(45-40)43-36(30-23-42-47(5-2)24-30)25-48-32-11-7-12-33(48)14-8-13-32/h6,9-10,21,23-24,26-27,29,32-33,36-37H,4-5,7-8,11-20,22,25H2,1-3H3,(H,49,50)(H,43,44,45)/t26?,27?,29-,32?,33?,36+,37-/m1/s1. The Morgan fingerprint density at radius 2 is 1.78 bits per heavy atom. The zero-order chi connectivity index (χ0) is 34.8. The number of fused-ring (bicyclic) bond motifs is 3. The molecule has 2 saturated heterocycles. The molecule has 2 N–H and O–H groups in total. The van der Waals surface area contributed by atoms with Crippen molar-refractivity contribution in [2.24, 2.45) is 11.8 Å². The van der Waals surface area contributed by atoms with Crippen LogP contribution in [0.3, 0.4) is 0 Å². The molecule has 4 heterocycles. The number of carbonyl (C=O) groups is 1. The topological polar surface area (TPSA) is 99.4 Å². The van der Waals surface area contributed by atoms with E-state index in [-0.39, 0.29) is 29.7 Å². The lowest BCUT2D eigenvalue weighted by atomic mass is 9.77. The molecule has 0 unspecified atom stereocenters. The van der Waals surface area contributed by atoms with E-state index in [1.54, 1.807) is 6.07 Å². The fraction of sp³-hybridized carbons (Fsp3) is 0.650. The minimum absolute atomic E-state index is 0.0106. The highest BCUT2D eigenvalue weighted by atomic mass is 19.1. The predicted octanol–water partition coefficient (Wildman–Crippen LogP) is 7.77. The summed E-state index contributed by atoms with van der Waals surface area (Å²) in [5.41, 5.74) is 4.44. The van der Waals surface area contributed by atoms with Crippen molar-refractivity contribution >= 4 is 17.7 Å². The van der Waals surface area contributed by atoms with Gasteiger partial charge in [-0.1, -0.05) is 31.9 Å². The highest BCUT2D eigenvalue weighted by Gasteiger charge is 2.37. The lowest BCUT2D eigenvalue weighted by molar-refractivity contribution is -0.143. The third-order valence-corrected chi connectivity index (χ3v) is 12.6. The van der Waals surface area contributed by atoms with E-state index in [0.717, 1.165) is 93.0 Å². The maximum atomic E-state index is 14.4. The number of anilines is 2. The van der Waals surface area contributed by atoms with Gasteiger partial charge in [-0.25, -0.2) is 9.37 Å². The van der Waals surface area contributed by atoms with Crippen LogP contribution in [0.4, 0.5) is 16.2 Å². The van der Waals surface area contributed by atoms with Gasteiger partial charge in [-0.15, -0.1) is 0 Å². The molecule has 10 heteroatoms. The molecule has 3 atom stereocenters. The van der Waals surface area contributed by atoms with Gasteiger partial charge >= 0.3 is 5.97 Å². The third kappa shape index (κ3) is 7.41. The number of hydrogen-bond acceptors (Lipinski definition) is 7. The van der Waals surface area contributed by atoms with Crippen molar-refractivity contribution in [2.75, 3.05) is 23.8 Å². The van der Waals surface area contributed by atoms with E-state index in [1.165, 1.54) is 50.2 Å². The summed E-state index contributed by atoms with van der Waals surface area (Å²) in [6.45, 7) is 6.08. The minimum atomic E-state index is -0.664. The fourth-order valence-electron chi connectivity index (χ4n) is 9.81. The molecule has 2 aliphatic heterocycles. The van der Waals surface area contributed by atoms with Crippen molar-refractivity contribution in [1.82, 2.24) is 24.6 Å². The molecule has 2 bridgehead atoms. The molecule has 4 aliphatic rings. The van der Waals surface area contributed by atoms with E-state index < -0.39 is 5.97 Å². The molecule has 3 aromatic rings. The molecule has 50 heavy (non-hydrogen) atoms. The Hall–Kier alpha value is -3.53. The van der Waals surface area contributed by atoms with Crippen LogP contribution in [0.1, 0.15) is 125 Å². The van der Waals surface area contributed by atoms with Gasteiger partial charge < -0.3 is 15.3 Å². The summed E-state index contributed by atoms with van der Waals surface area (Å²) in [6, 6.07) is 8.58. The summed E-state index contributed by atoms with van der Waals surface area (Å²) in [5.74, 6) is 1.13. The molecule has 3 fully saturated rings. The van der Waals surface area contributed by atoms with Crippen LogP contribution in [0.2, 0.25) is 0 Å². The van der Waals surface area contributed by atoms with Crippen LogP contribution in [0.15, 0.2) is 36.7 Å². The van der Waals surface area contributed by atoms with Crippen molar-refractivity contribution < 1.29 is 14.3 Å². The fourth-order valence-corrected chi connectivity index (χ4v) is 9.81. The summed E-state index contributed by atoms with van der Waals surface area (Å²) in [6.07, 6.45) is 18.7. The van der Waals surface area contributed by atoms with Crippen molar-refractivity contribution in [3.05, 3.63) is 64.9 Å². The van der Waals surface area contributed by atoms with Gasteiger partial charge in [0.1, 0.15) is 11.6 Å². The quantitative estimate of drug-likeness (QED) is 0.200. The number of carboxylic acid groups (broad SMARTS) is 1. The number of aryl methyl sites for hydroxylation is 2. The second-order valence-corrected chi connectivity index (χ2v) is 15.5. The normalized spacial score (nSPS) is 26.5. The molecule has 0 amide bonds. The molecule has 0 spiro atoms. The van der Waals surface area contributed by atoms with E-state index in [4.69, 9.17) is 15.1 Å². The Kier molecular flexibility index (Phi) is 10.7. The molecule has 9 nitrogen and oxygen atoms in total. The first-order valence-corrected chi connectivity index (χ1v) is 19.5. The zero-order valence-electron chi connectivity index (χ0n) is 30.2. The number of hydrogen-bond donors (Lipinski definition) is 2. The van der Waals surface area contributed by atoms with Crippen molar-refractivity contribution in [3.8, 4) is 0 Å². The van der Waals surface area contributed by atoms with Crippen LogP contribution in [0.5, 0.6) is 0 Å². The zero-order valence-corrected chi connectivity index (χ0v) is 30.2. The first kappa shape index (κ1) is 34.9. The number of aromatic nitrogens is 4. The summed E-state index contributed by atoms with van der Waals surface area (Å²) in [7, 11) is 2.12. The van der Waals surface area contributed by atoms with Gasteiger partial charge in [0, 0.05) is 55.6 Å². The molecular formula is C40H56FN7O2. The lowest BCUT2D eigenvalue weighted by Crippen LogP contribution is -2.51. The van der Waals surface area contributed by atoms with Gasteiger partial charge in [-0.2, -0.15) is 10.1 Å². The second kappa shape index (κ2) is 15.4. The number of nitrogens with zero attached hydrogens (tertiary/aromatic N) is 6. The van der Waals surface area contributed by atoms with E-state index in [9.17, 15) is 14.3 Å². The number of nitrogens with one attached hydrogen (secondary N) is 1. The molecule has 2 aromatic heterocycles. The van der Waals surface area contributed by atoms with Gasteiger partial charge in [-0.3, -0.25) is 14.4 Å². The minimum Gasteiger partial charge on any atom is -0.481 e. The monoisotopic (exact) mass is 685 g/mol. The number of halogens is 1. The van der Waals surface area contributed by atoms with Crippen molar-refractivity contribution in [1.29, 1.82) is 0 Å². The van der Waals surface area contributed by atoms with Gasteiger partial charge in [-0.05, 0) is 114 Å². The average molecular weight is 686 g/mol. The smallest absolute Gasteiger partial charge is 0.306 e. The van der Waals surface area contributed by atoms with Crippen LogP contribution in [-0.2, 0) is 24.2 Å². The van der Waals surface area contributed by atoms with Gasteiger partial charge in [0.15, 0.2) is 0 Å². The van der Waals surface area contributed by atoms with Crippen molar-refractivity contribution in [2.45, 2.75) is 140 Å². The Bertz CT molecular complexity index is 1600. The molecule has 7 rings (SSSR count). The average Bonchev–Trinajstić information content (AvgIpc) is 3.61. The maximum absolute atomic E-state index is 14.4. The number of aliphatic carboxylic acids is 1. The van der Waals surface area contributed by atoms with Gasteiger partial charge in [0.05, 0.1) is 23.9 Å². The molecule has 1 aromatic carbocycles. The molecular weight excluding hydrogens is 629 g/mol. The number of benzene rings is 1. The van der Waals surface area contributed by atoms with Crippen LogP contribution >= 0.6 is 0 Å². The van der Waals surface area contributed by atoms with Crippen LogP contribution < -0.4 is 10.2 Å². The third-order valence-electron chi connectivity index (χ3n) is 12.6. The Balaban J connectivity index is 1.23. The molecule has 1 saturated carbocycles. The molecule has 0 radical (unpaired) electrons. The predicted molar refractivity (Wildman–Crippen MR) is 195 cm³/mol. The van der Waals surface area contributed by atoms with E-state index in [2.05, 4.69) is 48.3 Å². The lowest BCUT2D eigenvalue weighted by Gasteiger charge is -2.47. The van der Waals surface area contributed by atoms with E-state index >= 15 is 0 Å². The first-order chi connectivity index (χ1) is 24.3. The maximum Gasteiger partial charge on any atom is 0.306 e. The Morgan fingerprint density at radius 1 is 1.04 bits per heavy atom. The first-order valence-electron chi connectivity index (χ1n) is 19.5. The molecule has 270 valence electrons. The number of carboxylic acids is 1. The number of rotatable bonds is 12. The van der Waals surface area contributed by atoms with Crippen LogP contribution in [-0.4, -0.2) is 67.4 Å².